The van der Waals surface area contributed by atoms with Crippen molar-refractivity contribution in [2.45, 2.75) is 6.42 Å². The predicted molar refractivity (Wildman–Crippen MR) is 77.7 cm³/mol. The molecule has 0 atom stereocenters. The molecule has 1 aliphatic rings. The van der Waals surface area contributed by atoms with Gasteiger partial charge in [-0.1, -0.05) is 12.1 Å². The number of nitro benzene ring substituents is 1. The lowest BCUT2D eigenvalue weighted by molar-refractivity contribution is -0.385. The van der Waals surface area contributed by atoms with Gasteiger partial charge in [-0.3, -0.25) is 24.6 Å². The Bertz CT molecular complexity index is 815. The topological polar surface area (TPSA) is 101 Å². The molecule has 0 spiro atoms. The number of hydrogen-bond acceptors (Lipinski definition) is 5. The van der Waals surface area contributed by atoms with Gasteiger partial charge in [0.05, 0.1) is 4.92 Å². The van der Waals surface area contributed by atoms with E-state index < -0.39 is 16.7 Å². The lowest BCUT2D eigenvalue weighted by Crippen LogP contribution is -2.41. The second kappa shape index (κ2) is 5.19. The summed E-state index contributed by atoms with van der Waals surface area (Å²) >= 11 is 0. The third-order valence-corrected chi connectivity index (χ3v) is 3.69. The molecule has 0 saturated carbocycles. The Labute approximate surface area is 124 Å². The molecule has 1 N–H and O–H groups in total. The maximum Gasteiger partial charge on any atom is 0.282 e. The minimum absolute atomic E-state index is 0.0239. The molecule has 2 aromatic carbocycles. The first kappa shape index (κ1) is 14.2. The van der Waals surface area contributed by atoms with Crippen molar-refractivity contribution in [1.82, 2.24) is 4.90 Å². The van der Waals surface area contributed by atoms with Crippen molar-refractivity contribution >= 4 is 28.3 Å². The largest absolute Gasteiger partial charge is 0.396 e. The first-order valence-corrected chi connectivity index (χ1v) is 6.73. The van der Waals surface area contributed by atoms with E-state index in [1.807, 2.05) is 0 Å². The summed E-state index contributed by atoms with van der Waals surface area (Å²) in [5, 5.41) is 21.1. The molecule has 0 bridgehead atoms. The molecule has 0 aromatic heterocycles. The monoisotopic (exact) mass is 300 g/mol. The highest BCUT2D eigenvalue weighted by Crippen LogP contribution is 2.35. The number of nitro groups is 1. The highest BCUT2D eigenvalue weighted by Gasteiger charge is 2.37. The maximum absolute atomic E-state index is 12.6. The Morgan fingerprint density at radius 3 is 2.59 bits per heavy atom. The van der Waals surface area contributed by atoms with Crippen molar-refractivity contribution in [3.8, 4) is 0 Å². The van der Waals surface area contributed by atoms with Crippen LogP contribution in [0.25, 0.3) is 10.8 Å². The van der Waals surface area contributed by atoms with E-state index >= 15 is 0 Å². The summed E-state index contributed by atoms with van der Waals surface area (Å²) in [5.74, 6) is -1.17. The van der Waals surface area contributed by atoms with Crippen LogP contribution in [-0.2, 0) is 0 Å². The number of hydrogen-bond donors (Lipinski definition) is 1. The smallest absolute Gasteiger partial charge is 0.282 e. The third-order valence-electron chi connectivity index (χ3n) is 3.69. The quantitative estimate of drug-likeness (QED) is 0.526. The van der Waals surface area contributed by atoms with Gasteiger partial charge in [-0.05, 0) is 23.9 Å². The number of imide groups is 1. The number of carbonyl (C=O) groups excluding carboxylic acids is 2. The highest BCUT2D eigenvalue weighted by atomic mass is 16.6. The van der Waals surface area contributed by atoms with Crippen LogP contribution in [0, 0.1) is 10.1 Å². The number of amides is 2. The molecule has 2 aromatic rings. The van der Waals surface area contributed by atoms with E-state index in [0.717, 1.165) is 4.90 Å². The van der Waals surface area contributed by atoms with Gasteiger partial charge < -0.3 is 5.11 Å². The fraction of sp³-hybridized carbons (Fsp3) is 0.200. The van der Waals surface area contributed by atoms with Crippen molar-refractivity contribution in [3.05, 3.63) is 51.6 Å². The standard InChI is InChI=1S/C15H12N2O5/c18-8-2-7-16-14(19)10-4-1-3-9-5-6-11(17(21)22)13(12(9)10)15(16)20/h1,3-6,18H,2,7-8H2. The van der Waals surface area contributed by atoms with Crippen molar-refractivity contribution in [3.63, 3.8) is 0 Å². The number of carbonyl (C=O) groups is 2. The fourth-order valence-corrected chi connectivity index (χ4v) is 2.72. The van der Waals surface area contributed by atoms with E-state index in [-0.39, 0.29) is 36.4 Å². The molecule has 1 heterocycles. The molecule has 0 saturated heterocycles. The number of aliphatic hydroxyl groups is 1. The Balaban J connectivity index is 2.30. The van der Waals surface area contributed by atoms with Gasteiger partial charge in [0.2, 0.25) is 0 Å². The van der Waals surface area contributed by atoms with Crippen LogP contribution >= 0.6 is 0 Å². The molecule has 7 nitrogen and oxygen atoms in total. The van der Waals surface area contributed by atoms with Crippen molar-refractivity contribution in [2.75, 3.05) is 13.2 Å². The van der Waals surface area contributed by atoms with Gasteiger partial charge in [0.15, 0.2) is 0 Å². The second-order valence-corrected chi connectivity index (χ2v) is 4.96. The number of benzene rings is 2. The van der Waals surface area contributed by atoms with Gasteiger partial charge in [0, 0.05) is 30.2 Å². The van der Waals surface area contributed by atoms with Gasteiger partial charge in [-0.15, -0.1) is 0 Å². The summed E-state index contributed by atoms with van der Waals surface area (Å²) in [7, 11) is 0. The van der Waals surface area contributed by atoms with Crippen molar-refractivity contribution < 1.29 is 19.6 Å². The van der Waals surface area contributed by atoms with Crippen LogP contribution in [-0.4, -0.2) is 39.9 Å². The Hall–Kier alpha value is -2.80. The van der Waals surface area contributed by atoms with E-state index in [4.69, 9.17) is 5.11 Å². The zero-order chi connectivity index (χ0) is 15.9. The minimum atomic E-state index is -0.686. The lowest BCUT2D eigenvalue weighted by Gasteiger charge is -2.26. The van der Waals surface area contributed by atoms with Crippen LogP contribution in [0.4, 0.5) is 5.69 Å². The van der Waals surface area contributed by atoms with Gasteiger partial charge >= 0.3 is 0 Å². The molecule has 2 amide bonds. The molecule has 3 rings (SSSR count). The summed E-state index contributed by atoms with van der Waals surface area (Å²) in [6.45, 7) is -0.152. The van der Waals surface area contributed by atoms with E-state index in [1.165, 1.54) is 12.1 Å². The summed E-state index contributed by atoms with van der Waals surface area (Å²) < 4.78 is 0. The van der Waals surface area contributed by atoms with E-state index in [1.54, 1.807) is 18.2 Å². The molecule has 0 aliphatic carbocycles. The van der Waals surface area contributed by atoms with E-state index in [9.17, 15) is 19.7 Å². The van der Waals surface area contributed by atoms with Crippen LogP contribution in [0.1, 0.15) is 27.1 Å². The lowest BCUT2D eigenvalue weighted by atomic mass is 9.92. The zero-order valence-electron chi connectivity index (χ0n) is 11.5. The Morgan fingerprint density at radius 1 is 1.14 bits per heavy atom. The molecular formula is C15H12N2O5. The summed E-state index contributed by atoms with van der Waals surface area (Å²) in [6.07, 6.45) is 0.226. The van der Waals surface area contributed by atoms with Crippen LogP contribution in [0.5, 0.6) is 0 Å². The van der Waals surface area contributed by atoms with Gasteiger partial charge in [0.1, 0.15) is 5.56 Å². The molecule has 0 fully saturated rings. The molecule has 0 unspecified atom stereocenters. The van der Waals surface area contributed by atoms with Crippen LogP contribution < -0.4 is 0 Å². The molecule has 0 radical (unpaired) electrons. The highest BCUT2D eigenvalue weighted by molar-refractivity contribution is 6.27. The van der Waals surface area contributed by atoms with E-state index in [0.29, 0.717) is 10.8 Å². The van der Waals surface area contributed by atoms with Crippen LogP contribution in [0.2, 0.25) is 0 Å². The fourth-order valence-electron chi connectivity index (χ4n) is 2.72. The average molecular weight is 300 g/mol. The first-order chi connectivity index (χ1) is 10.6. The van der Waals surface area contributed by atoms with Gasteiger partial charge in [-0.25, -0.2) is 0 Å². The molecular weight excluding hydrogens is 288 g/mol. The average Bonchev–Trinajstić information content (AvgIpc) is 2.51. The number of nitrogens with zero attached hydrogens (tertiary/aromatic N) is 2. The van der Waals surface area contributed by atoms with Gasteiger partial charge in [0.25, 0.3) is 17.5 Å². The third kappa shape index (κ3) is 1.94. The molecule has 112 valence electrons. The molecule has 22 heavy (non-hydrogen) atoms. The maximum atomic E-state index is 12.6. The van der Waals surface area contributed by atoms with Crippen molar-refractivity contribution in [2.24, 2.45) is 0 Å². The Kier molecular flexibility index (Phi) is 3.34. The summed E-state index contributed by atoms with van der Waals surface area (Å²) in [5.41, 5.74) is -0.101. The summed E-state index contributed by atoms with van der Waals surface area (Å²) in [6, 6.07) is 7.74. The number of rotatable bonds is 4. The van der Waals surface area contributed by atoms with E-state index in [2.05, 4.69) is 0 Å². The van der Waals surface area contributed by atoms with Crippen LogP contribution in [0.15, 0.2) is 30.3 Å². The predicted octanol–water partition coefficient (Wildman–Crippen LogP) is 1.73. The van der Waals surface area contributed by atoms with Crippen molar-refractivity contribution in [1.29, 1.82) is 0 Å². The minimum Gasteiger partial charge on any atom is -0.396 e. The second-order valence-electron chi connectivity index (χ2n) is 4.96. The molecule has 7 heteroatoms. The molecule has 1 aliphatic heterocycles. The summed E-state index contributed by atoms with van der Waals surface area (Å²) in [4.78, 5) is 36.6. The normalized spacial score (nSPS) is 13.8. The first-order valence-electron chi connectivity index (χ1n) is 6.73. The Morgan fingerprint density at radius 2 is 1.91 bits per heavy atom. The number of aliphatic hydroxyl groups excluding tert-OH is 1. The zero-order valence-corrected chi connectivity index (χ0v) is 11.5. The SMILES string of the molecule is O=C1c2cccc3ccc([N+](=O)[O-])c(c23)C(=O)N1CCCO. The van der Waals surface area contributed by atoms with Crippen LogP contribution in [0.3, 0.4) is 0 Å². The van der Waals surface area contributed by atoms with Gasteiger partial charge in [-0.2, -0.15) is 0 Å².